The summed E-state index contributed by atoms with van der Waals surface area (Å²) in [7, 11) is 0. The number of hydrogen-bond donors (Lipinski definition) is 0. The Labute approximate surface area is 233 Å². The number of benzene rings is 3. The molecule has 1 atom stereocenters. The van der Waals surface area contributed by atoms with Crippen molar-refractivity contribution in [1.29, 1.82) is 0 Å². The van der Waals surface area contributed by atoms with Crippen molar-refractivity contribution in [2.24, 2.45) is 4.99 Å². The van der Waals surface area contributed by atoms with Crippen LogP contribution in [0.4, 0.5) is 0 Å². The zero-order valence-corrected chi connectivity index (χ0v) is 23.7. The van der Waals surface area contributed by atoms with Gasteiger partial charge in [0.05, 0.1) is 16.3 Å². The monoisotopic (exact) mass is 634 g/mol. The summed E-state index contributed by atoms with van der Waals surface area (Å²) in [5, 5.41) is 0. The number of allylic oxidation sites excluding steroid dienone is 1. The van der Waals surface area contributed by atoms with Crippen LogP contribution in [0.15, 0.2) is 91.0 Å². The number of ether oxygens (including phenoxy) is 1. The first-order valence-corrected chi connectivity index (χ1v) is 14.2. The van der Waals surface area contributed by atoms with E-state index >= 15 is 0 Å². The molecule has 0 saturated heterocycles. The lowest BCUT2D eigenvalue weighted by atomic mass is 9.83. The van der Waals surface area contributed by atoms with Crippen LogP contribution in [0.5, 0.6) is 5.75 Å². The number of hydrogen-bond acceptors (Lipinski definition) is 5. The molecule has 1 aliphatic carbocycles. The van der Waals surface area contributed by atoms with E-state index in [0.717, 1.165) is 44.2 Å². The van der Waals surface area contributed by atoms with Gasteiger partial charge in [0.15, 0.2) is 4.80 Å². The summed E-state index contributed by atoms with van der Waals surface area (Å²) in [6.07, 6.45) is 3.52. The van der Waals surface area contributed by atoms with Gasteiger partial charge in [-0.2, -0.15) is 0 Å². The maximum absolute atomic E-state index is 13.9. The molecule has 6 rings (SSSR count). The van der Waals surface area contributed by atoms with Crippen LogP contribution >= 0.6 is 43.2 Å². The van der Waals surface area contributed by atoms with Crippen LogP contribution < -0.4 is 19.6 Å². The normalized spacial score (nSPS) is 16.5. The third-order valence-corrected chi connectivity index (χ3v) is 8.58. The van der Waals surface area contributed by atoms with Gasteiger partial charge in [-0.1, -0.05) is 79.6 Å². The first kappa shape index (κ1) is 24.3. The summed E-state index contributed by atoms with van der Waals surface area (Å²) in [5.41, 5.74) is 6.10. The summed E-state index contributed by atoms with van der Waals surface area (Å²) >= 11 is 8.37. The summed E-state index contributed by atoms with van der Waals surface area (Å²) < 4.78 is 9.55. The molecule has 0 radical (unpaired) electrons. The third kappa shape index (κ3) is 4.47. The minimum Gasteiger partial charge on any atom is -0.426 e. The highest BCUT2D eigenvalue weighted by Crippen LogP contribution is 2.41. The first-order chi connectivity index (χ1) is 17.9. The van der Waals surface area contributed by atoms with Crippen molar-refractivity contribution in [3.63, 3.8) is 0 Å². The average molecular weight is 636 g/mol. The van der Waals surface area contributed by atoms with Crippen LogP contribution in [0.25, 0.3) is 11.8 Å². The molecule has 1 aromatic heterocycles. The highest BCUT2D eigenvalue weighted by Gasteiger charge is 2.32. The quantitative estimate of drug-likeness (QED) is 0.212. The van der Waals surface area contributed by atoms with Crippen LogP contribution in [0.1, 0.15) is 41.6 Å². The summed E-state index contributed by atoms with van der Waals surface area (Å²) in [4.78, 5) is 31.3. The SMILES string of the molecule is CC(=O)Oc1ccc(Br)cc1/C=c1/sc2n(c1=O)[C@@H](c1ccc(Br)cc1)C1=C(N=2)c2ccccc2CC1. The summed E-state index contributed by atoms with van der Waals surface area (Å²) in [5.74, 6) is -0.0146. The fraction of sp³-hybridized carbons (Fsp3) is 0.138. The Morgan fingerprint density at radius 1 is 1.05 bits per heavy atom. The van der Waals surface area contributed by atoms with Crippen molar-refractivity contribution >= 4 is 60.9 Å². The molecule has 3 aromatic carbocycles. The summed E-state index contributed by atoms with van der Waals surface area (Å²) in [6, 6.07) is 21.6. The fourth-order valence-electron chi connectivity index (χ4n) is 4.99. The molecule has 1 aliphatic heterocycles. The third-order valence-electron chi connectivity index (χ3n) is 6.57. The molecule has 184 valence electrons. The Morgan fingerprint density at radius 2 is 1.81 bits per heavy atom. The summed E-state index contributed by atoms with van der Waals surface area (Å²) in [6.45, 7) is 1.36. The molecule has 0 bridgehead atoms. The molecule has 5 nitrogen and oxygen atoms in total. The van der Waals surface area contributed by atoms with Gasteiger partial charge < -0.3 is 4.74 Å². The molecule has 8 heteroatoms. The number of aryl methyl sites for hydroxylation is 1. The van der Waals surface area contributed by atoms with Gasteiger partial charge in [0.2, 0.25) is 0 Å². The number of nitrogens with zero attached hydrogens (tertiary/aromatic N) is 2. The van der Waals surface area contributed by atoms with E-state index in [-0.39, 0.29) is 11.6 Å². The van der Waals surface area contributed by atoms with Crippen LogP contribution in [0.3, 0.4) is 0 Å². The van der Waals surface area contributed by atoms with Gasteiger partial charge in [-0.05, 0) is 65.9 Å². The maximum Gasteiger partial charge on any atom is 0.308 e. The van der Waals surface area contributed by atoms with Crippen molar-refractivity contribution < 1.29 is 9.53 Å². The van der Waals surface area contributed by atoms with Crippen molar-refractivity contribution in [2.75, 3.05) is 0 Å². The minimum atomic E-state index is -0.417. The molecule has 0 unspecified atom stereocenters. The Kier molecular flexibility index (Phi) is 6.34. The number of carbonyl (C=O) groups is 1. The molecule has 0 fully saturated rings. The molecule has 0 N–H and O–H groups in total. The van der Waals surface area contributed by atoms with Crippen LogP contribution in [-0.4, -0.2) is 10.5 Å². The van der Waals surface area contributed by atoms with Crippen LogP contribution in [-0.2, 0) is 11.2 Å². The standard InChI is InChI=1S/C29H20Br2N2O3S/c1-16(34)36-24-13-11-21(31)14-19(24)15-25-28(35)33-27(18-6-9-20(30)10-7-18)23-12-8-17-4-2-3-5-22(17)26(23)32-29(33)37-25/h2-7,9-11,13-15,27H,8,12H2,1H3/b25-15+/t27-/m0/s1. The number of rotatable bonds is 3. The molecular formula is C29H20Br2N2O3S. The van der Waals surface area contributed by atoms with Gasteiger partial charge in [0.1, 0.15) is 5.75 Å². The van der Waals surface area contributed by atoms with Gasteiger partial charge in [-0.15, -0.1) is 0 Å². The largest absolute Gasteiger partial charge is 0.426 e. The Morgan fingerprint density at radius 3 is 2.59 bits per heavy atom. The van der Waals surface area contributed by atoms with Gasteiger partial charge in [0.25, 0.3) is 5.56 Å². The van der Waals surface area contributed by atoms with E-state index in [0.29, 0.717) is 20.6 Å². The molecule has 0 spiro atoms. The zero-order valence-electron chi connectivity index (χ0n) is 19.7. The van der Waals surface area contributed by atoms with Crippen molar-refractivity contribution in [3.05, 3.63) is 123 Å². The van der Waals surface area contributed by atoms with E-state index in [1.54, 1.807) is 18.2 Å². The van der Waals surface area contributed by atoms with Crippen LogP contribution in [0.2, 0.25) is 0 Å². The van der Waals surface area contributed by atoms with Gasteiger partial charge in [-0.3, -0.25) is 14.2 Å². The number of halogens is 2. The van der Waals surface area contributed by atoms with Gasteiger partial charge in [0, 0.05) is 27.0 Å². The zero-order chi connectivity index (χ0) is 25.7. The predicted molar refractivity (Wildman–Crippen MR) is 152 cm³/mol. The van der Waals surface area contributed by atoms with Crippen LogP contribution in [0, 0.1) is 0 Å². The smallest absolute Gasteiger partial charge is 0.308 e. The second-order valence-corrected chi connectivity index (χ2v) is 11.8. The Bertz CT molecular complexity index is 1790. The van der Waals surface area contributed by atoms with Crippen molar-refractivity contribution in [3.8, 4) is 5.75 Å². The van der Waals surface area contributed by atoms with Gasteiger partial charge in [-0.25, -0.2) is 4.99 Å². The minimum absolute atomic E-state index is 0.115. The predicted octanol–water partition coefficient (Wildman–Crippen LogP) is 5.77. The van der Waals surface area contributed by atoms with E-state index in [4.69, 9.17) is 9.73 Å². The molecule has 4 aromatic rings. The maximum atomic E-state index is 13.9. The highest BCUT2D eigenvalue weighted by molar-refractivity contribution is 9.10. The average Bonchev–Trinajstić information content (AvgIpc) is 3.19. The first-order valence-electron chi connectivity index (χ1n) is 11.8. The molecule has 0 saturated carbocycles. The lowest BCUT2D eigenvalue weighted by Crippen LogP contribution is -2.38. The van der Waals surface area contributed by atoms with E-state index in [1.807, 2.05) is 28.8 Å². The molecule has 0 amide bonds. The Hall–Kier alpha value is -3.07. The fourth-order valence-corrected chi connectivity index (χ4v) is 6.62. The van der Waals surface area contributed by atoms with Gasteiger partial charge >= 0.3 is 5.97 Å². The molecule has 2 heterocycles. The lowest BCUT2D eigenvalue weighted by molar-refractivity contribution is -0.131. The number of thiazole rings is 1. The lowest BCUT2D eigenvalue weighted by Gasteiger charge is -2.30. The number of aromatic nitrogens is 1. The van der Waals surface area contributed by atoms with E-state index < -0.39 is 5.97 Å². The van der Waals surface area contributed by atoms with E-state index in [9.17, 15) is 9.59 Å². The number of fused-ring (bicyclic) bond motifs is 3. The second-order valence-electron chi connectivity index (χ2n) is 8.94. The number of esters is 1. The van der Waals surface area contributed by atoms with E-state index in [1.165, 1.54) is 23.8 Å². The highest BCUT2D eigenvalue weighted by atomic mass is 79.9. The second kappa shape index (κ2) is 9.67. The van der Waals surface area contributed by atoms with Crippen molar-refractivity contribution in [1.82, 2.24) is 4.57 Å². The molecular weight excluding hydrogens is 616 g/mol. The molecule has 2 aliphatic rings. The number of carbonyl (C=O) groups excluding carboxylic acids is 1. The van der Waals surface area contributed by atoms with E-state index in [2.05, 4.69) is 62.2 Å². The van der Waals surface area contributed by atoms with Crippen molar-refractivity contribution in [2.45, 2.75) is 25.8 Å². The Balaban J connectivity index is 1.61. The topological polar surface area (TPSA) is 60.7 Å². The molecule has 37 heavy (non-hydrogen) atoms.